The lowest BCUT2D eigenvalue weighted by atomic mass is 10.1. The van der Waals surface area contributed by atoms with Crippen molar-refractivity contribution in [3.8, 4) is 0 Å². The van der Waals surface area contributed by atoms with Crippen LogP contribution in [0.4, 0.5) is 0 Å². The van der Waals surface area contributed by atoms with Gasteiger partial charge in [-0.05, 0) is 42.8 Å². The zero-order valence-electron chi connectivity index (χ0n) is 12.1. The van der Waals surface area contributed by atoms with Crippen molar-refractivity contribution in [3.05, 3.63) is 76.9 Å². The molecule has 0 saturated heterocycles. The highest BCUT2D eigenvalue weighted by Crippen LogP contribution is 2.20. The van der Waals surface area contributed by atoms with Crippen LogP contribution in [0.15, 0.2) is 60.8 Å². The third-order valence-corrected chi connectivity index (χ3v) is 3.82. The van der Waals surface area contributed by atoms with Crippen LogP contribution in [0.5, 0.6) is 0 Å². The van der Waals surface area contributed by atoms with Crippen molar-refractivity contribution in [2.75, 3.05) is 0 Å². The molecule has 3 rings (SSSR count). The van der Waals surface area contributed by atoms with Gasteiger partial charge < -0.3 is 5.32 Å². The number of rotatable bonds is 3. The van der Waals surface area contributed by atoms with Crippen LogP contribution in [0.25, 0.3) is 10.9 Å². The van der Waals surface area contributed by atoms with E-state index in [1.165, 1.54) is 0 Å². The predicted molar refractivity (Wildman–Crippen MR) is 89.1 cm³/mol. The van der Waals surface area contributed by atoms with Gasteiger partial charge in [0.05, 0.1) is 11.6 Å². The molecule has 0 aliphatic carbocycles. The second kappa shape index (κ2) is 6.16. The maximum atomic E-state index is 12.6. The fourth-order valence-corrected chi connectivity index (χ4v) is 2.63. The van der Waals surface area contributed by atoms with Crippen molar-refractivity contribution < 1.29 is 4.79 Å². The highest BCUT2D eigenvalue weighted by atomic mass is 35.5. The summed E-state index contributed by atoms with van der Waals surface area (Å²) in [6.07, 6.45) is 1.72. The van der Waals surface area contributed by atoms with E-state index < -0.39 is 0 Å². The van der Waals surface area contributed by atoms with E-state index >= 15 is 0 Å². The first kappa shape index (κ1) is 14.5. The molecule has 0 radical (unpaired) electrons. The van der Waals surface area contributed by atoms with E-state index in [1.807, 2.05) is 61.5 Å². The number of amides is 1. The van der Waals surface area contributed by atoms with Crippen molar-refractivity contribution in [3.63, 3.8) is 0 Å². The van der Waals surface area contributed by atoms with Gasteiger partial charge in [0.25, 0.3) is 5.91 Å². The third-order valence-electron chi connectivity index (χ3n) is 3.59. The molecule has 0 spiro atoms. The van der Waals surface area contributed by atoms with E-state index in [-0.39, 0.29) is 11.9 Å². The lowest BCUT2D eigenvalue weighted by Crippen LogP contribution is -2.26. The van der Waals surface area contributed by atoms with Gasteiger partial charge in [0.15, 0.2) is 0 Å². The van der Waals surface area contributed by atoms with E-state index in [4.69, 9.17) is 11.6 Å². The van der Waals surface area contributed by atoms with Crippen molar-refractivity contribution >= 4 is 28.4 Å². The Morgan fingerprint density at radius 2 is 1.95 bits per heavy atom. The summed E-state index contributed by atoms with van der Waals surface area (Å²) in [5.74, 6) is -0.119. The first-order valence-electron chi connectivity index (χ1n) is 7.05. The van der Waals surface area contributed by atoms with Gasteiger partial charge in [0, 0.05) is 22.2 Å². The van der Waals surface area contributed by atoms with E-state index in [9.17, 15) is 4.79 Å². The number of aromatic nitrogens is 1. The molecule has 1 amide bonds. The van der Waals surface area contributed by atoms with E-state index in [1.54, 1.807) is 6.20 Å². The largest absolute Gasteiger partial charge is 0.345 e. The Balaban J connectivity index is 1.87. The molecular formula is C18H15ClN2O. The number of nitrogens with one attached hydrogen (secondary N) is 1. The molecule has 1 aromatic heterocycles. The molecule has 110 valence electrons. The summed E-state index contributed by atoms with van der Waals surface area (Å²) < 4.78 is 0. The molecule has 0 saturated carbocycles. The zero-order valence-corrected chi connectivity index (χ0v) is 12.8. The minimum atomic E-state index is -0.127. The number of carbonyl (C=O) groups is 1. The second-order valence-electron chi connectivity index (χ2n) is 5.13. The van der Waals surface area contributed by atoms with Gasteiger partial charge in [-0.25, -0.2) is 0 Å². The number of benzene rings is 2. The summed E-state index contributed by atoms with van der Waals surface area (Å²) in [6, 6.07) is 16.7. The fraction of sp³-hybridized carbons (Fsp3) is 0.111. The highest BCUT2D eigenvalue weighted by molar-refractivity contribution is 6.30. The molecule has 2 aromatic carbocycles. The van der Waals surface area contributed by atoms with Gasteiger partial charge in [-0.1, -0.05) is 35.9 Å². The monoisotopic (exact) mass is 310 g/mol. The summed E-state index contributed by atoms with van der Waals surface area (Å²) >= 11 is 6.00. The predicted octanol–water partition coefficient (Wildman–Crippen LogP) is 4.38. The normalized spacial score (nSPS) is 12.1. The lowest BCUT2D eigenvalue weighted by Gasteiger charge is -2.15. The lowest BCUT2D eigenvalue weighted by molar-refractivity contribution is 0.0941. The van der Waals surface area contributed by atoms with Crippen LogP contribution in [0, 0.1) is 0 Å². The molecule has 22 heavy (non-hydrogen) atoms. The number of hydrogen-bond acceptors (Lipinski definition) is 2. The first-order valence-corrected chi connectivity index (χ1v) is 7.43. The summed E-state index contributed by atoms with van der Waals surface area (Å²) in [5, 5.41) is 4.51. The Morgan fingerprint density at radius 3 is 2.77 bits per heavy atom. The molecule has 0 unspecified atom stereocenters. The standard InChI is InChI=1S/C18H15ClN2O/c1-12(13-5-2-6-14(19)11-13)21-18(22)16-7-3-9-17-15(16)8-4-10-20-17/h2-12H,1H3,(H,21,22)/t12-/m1/s1. The number of pyridine rings is 1. The SMILES string of the molecule is C[C@@H](NC(=O)c1cccc2ncccc12)c1cccc(Cl)c1. The van der Waals surface area contributed by atoms with E-state index in [0.29, 0.717) is 10.6 Å². The average Bonchev–Trinajstić information content (AvgIpc) is 2.54. The third kappa shape index (κ3) is 2.95. The van der Waals surface area contributed by atoms with E-state index in [0.717, 1.165) is 16.5 Å². The minimum absolute atomic E-state index is 0.119. The van der Waals surface area contributed by atoms with Gasteiger partial charge in [0.2, 0.25) is 0 Å². The Kier molecular flexibility index (Phi) is 4.07. The highest BCUT2D eigenvalue weighted by Gasteiger charge is 2.14. The summed E-state index contributed by atoms with van der Waals surface area (Å²) in [7, 11) is 0. The van der Waals surface area contributed by atoms with Crippen LogP contribution in [0.2, 0.25) is 5.02 Å². The Hall–Kier alpha value is -2.39. The molecule has 3 nitrogen and oxygen atoms in total. The van der Waals surface area contributed by atoms with Crippen molar-refractivity contribution in [2.45, 2.75) is 13.0 Å². The summed E-state index contributed by atoms with van der Waals surface area (Å²) in [5.41, 5.74) is 2.41. The number of nitrogens with zero attached hydrogens (tertiary/aromatic N) is 1. The van der Waals surface area contributed by atoms with Crippen LogP contribution in [-0.4, -0.2) is 10.9 Å². The molecule has 1 N–H and O–H groups in total. The van der Waals surface area contributed by atoms with E-state index in [2.05, 4.69) is 10.3 Å². The summed E-state index contributed by atoms with van der Waals surface area (Å²) in [4.78, 5) is 16.8. The van der Waals surface area contributed by atoms with Gasteiger partial charge in [-0.3, -0.25) is 9.78 Å². The van der Waals surface area contributed by atoms with Gasteiger partial charge in [-0.2, -0.15) is 0 Å². The van der Waals surface area contributed by atoms with Crippen molar-refractivity contribution in [1.29, 1.82) is 0 Å². The smallest absolute Gasteiger partial charge is 0.252 e. The number of halogens is 1. The van der Waals surface area contributed by atoms with Gasteiger partial charge in [0.1, 0.15) is 0 Å². The molecular weight excluding hydrogens is 296 g/mol. The van der Waals surface area contributed by atoms with Crippen LogP contribution < -0.4 is 5.32 Å². The number of carbonyl (C=O) groups excluding carboxylic acids is 1. The molecule has 0 fully saturated rings. The summed E-state index contributed by atoms with van der Waals surface area (Å²) in [6.45, 7) is 1.94. The van der Waals surface area contributed by atoms with Crippen molar-refractivity contribution in [2.24, 2.45) is 0 Å². The number of fused-ring (bicyclic) bond motifs is 1. The maximum absolute atomic E-state index is 12.6. The van der Waals surface area contributed by atoms with Crippen LogP contribution in [0.3, 0.4) is 0 Å². The quantitative estimate of drug-likeness (QED) is 0.780. The van der Waals surface area contributed by atoms with Gasteiger partial charge in [-0.15, -0.1) is 0 Å². The molecule has 0 aliphatic heterocycles. The average molecular weight is 311 g/mol. The molecule has 1 heterocycles. The fourth-order valence-electron chi connectivity index (χ4n) is 2.44. The molecule has 0 aliphatic rings. The number of hydrogen-bond donors (Lipinski definition) is 1. The molecule has 0 bridgehead atoms. The zero-order chi connectivity index (χ0) is 15.5. The maximum Gasteiger partial charge on any atom is 0.252 e. The second-order valence-corrected chi connectivity index (χ2v) is 5.56. The minimum Gasteiger partial charge on any atom is -0.345 e. The first-order chi connectivity index (χ1) is 10.6. The topological polar surface area (TPSA) is 42.0 Å². The molecule has 1 atom stereocenters. The molecule has 4 heteroatoms. The Labute approximate surface area is 133 Å². The Bertz CT molecular complexity index is 827. The van der Waals surface area contributed by atoms with Crippen LogP contribution in [0.1, 0.15) is 28.9 Å². The molecule has 3 aromatic rings. The van der Waals surface area contributed by atoms with Crippen LogP contribution in [-0.2, 0) is 0 Å². The van der Waals surface area contributed by atoms with Crippen LogP contribution >= 0.6 is 11.6 Å². The Morgan fingerprint density at radius 1 is 1.14 bits per heavy atom. The van der Waals surface area contributed by atoms with Gasteiger partial charge >= 0.3 is 0 Å². The van der Waals surface area contributed by atoms with Crippen molar-refractivity contribution in [1.82, 2.24) is 10.3 Å².